The molecule has 0 saturated heterocycles. The lowest BCUT2D eigenvalue weighted by molar-refractivity contribution is -0.111. The van der Waals surface area contributed by atoms with E-state index in [2.05, 4.69) is 10.3 Å². The van der Waals surface area contributed by atoms with Crippen molar-refractivity contribution in [2.75, 3.05) is 38.5 Å². The number of amides is 1. The van der Waals surface area contributed by atoms with Crippen molar-refractivity contribution < 1.29 is 14.3 Å². The molecule has 0 radical (unpaired) electrons. The van der Waals surface area contributed by atoms with Gasteiger partial charge in [-0.25, -0.2) is 4.98 Å². The first-order valence-electron chi connectivity index (χ1n) is 7.38. The molecule has 0 aliphatic carbocycles. The average Bonchev–Trinajstić information content (AvgIpc) is 2.60. The van der Waals surface area contributed by atoms with Crippen LogP contribution < -0.4 is 19.7 Å². The molecule has 1 aromatic carbocycles. The van der Waals surface area contributed by atoms with E-state index in [1.807, 2.05) is 37.2 Å². The number of rotatable bonds is 6. The van der Waals surface area contributed by atoms with Crippen LogP contribution in [0.15, 0.2) is 42.6 Å². The second-order valence-corrected chi connectivity index (χ2v) is 5.20. The van der Waals surface area contributed by atoms with Crippen molar-refractivity contribution in [1.82, 2.24) is 4.98 Å². The predicted molar refractivity (Wildman–Crippen MR) is 95.8 cm³/mol. The quantitative estimate of drug-likeness (QED) is 0.827. The van der Waals surface area contributed by atoms with Crippen LogP contribution in [-0.2, 0) is 4.79 Å². The molecule has 2 aromatic rings. The summed E-state index contributed by atoms with van der Waals surface area (Å²) in [6.45, 7) is 0. The first-order chi connectivity index (χ1) is 11.5. The van der Waals surface area contributed by atoms with Crippen molar-refractivity contribution >= 4 is 23.5 Å². The number of carbonyl (C=O) groups is 1. The molecule has 0 aliphatic heterocycles. The third kappa shape index (κ3) is 4.25. The second-order valence-electron chi connectivity index (χ2n) is 5.20. The molecule has 0 fully saturated rings. The van der Waals surface area contributed by atoms with Gasteiger partial charge < -0.3 is 19.7 Å². The summed E-state index contributed by atoms with van der Waals surface area (Å²) in [6, 6.07) is 8.99. The van der Waals surface area contributed by atoms with E-state index in [-0.39, 0.29) is 5.91 Å². The van der Waals surface area contributed by atoms with E-state index < -0.39 is 0 Å². The molecule has 1 N–H and O–H groups in total. The van der Waals surface area contributed by atoms with Crippen LogP contribution in [0.4, 0.5) is 11.5 Å². The van der Waals surface area contributed by atoms with Gasteiger partial charge in [0, 0.05) is 38.0 Å². The molecule has 1 heterocycles. The molecule has 0 aliphatic rings. The molecule has 0 unspecified atom stereocenters. The van der Waals surface area contributed by atoms with Crippen LogP contribution in [0.25, 0.3) is 6.08 Å². The number of aromatic nitrogens is 1. The Kier molecular flexibility index (Phi) is 5.78. The number of hydrogen-bond acceptors (Lipinski definition) is 5. The molecule has 0 bridgehead atoms. The van der Waals surface area contributed by atoms with Gasteiger partial charge in [-0.15, -0.1) is 0 Å². The molecule has 2 rings (SSSR count). The summed E-state index contributed by atoms with van der Waals surface area (Å²) in [5, 5.41) is 2.83. The first-order valence-corrected chi connectivity index (χ1v) is 7.38. The van der Waals surface area contributed by atoms with Gasteiger partial charge in [-0.1, -0.05) is 0 Å². The van der Waals surface area contributed by atoms with Crippen LogP contribution >= 0.6 is 0 Å². The Morgan fingerprint density at radius 2 is 2.00 bits per heavy atom. The Morgan fingerprint density at radius 3 is 2.67 bits per heavy atom. The molecular formula is C18H21N3O3. The van der Waals surface area contributed by atoms with Gasteiger partial charge in [0.2, 0.25) is 5.91 Å². The summed E-state index contributed by atoms with van der Waals surface area (Å²) >= 11 is 0. The second kappa shape index (κ2) is 8.01. The number of hydrogen-bond donors (Lipinski definition) is 1. The van der Waals surface area contributed by atoms with Crippen molar-refractivity contribution in [3.63, 3.8) is 0 Å². The van der Waals surface area contributed by atoms with Crippen LogP contribution in [0.3, 0.4) is 0 Å². The summed E-state index contributed by atoms with van der Waals surface area (Å²) in [7, 11) is 6.91. The Hall–Kier alpha value is -3.02. The number of ether oxygens (including phenoxy) is 2. The largest absolute Gasteiger partial charge is 0.497 e. The molecule has 0 atom stereocenters. The predicted octanol–water partition coefficient (Wildman–Crippen LogP) is 2.82. The maximum atomic E-state index is 12.2. The summed E-state index contributed by atoms with van der Waals surface area (Å²) in [6.07, 6.45) is 4.83. The number of nitrogens with one attached hydrogen (secondary N) is 1. The lowest BCUT2D eigenvalue weighted by atomic mass is 10.1. The van der Waals surface area contributed by atoms with E-state index in [0.29, 0.717) is 23.0 Å². The van der Waals surface area contributed by atoms with E-state index in [1.54, 1.807) is 38.6 Å². The lowest BCUT2D eigenvalue weighted by Crippen LogP contribution is -2.16. The van der Waals surface area contributed by atoms with Crippen molar-refractivity contribution in [2.45, 2.75) is 0 Å². The van der Waals surface area contributed by atoms with Crippen LogP contribution in [0.2, 0.25) is 0 Å². The topological polar surface area (TPSA) is 63.7 Å². The molecule has 0 spiro atoms. The van der Waals surface area contributed by atoms with E-state index in [4.69, 9.17) is 9.47 Å². The van der Waals surface area contributed by atoms with Gasteiger partial charge in [0.15, 0.2) is 5.82 Å². The monoisotopic (exact) mass is 327 g/mol. The zero-order valence-corrected chi connectivity index (χ0v) is 14.2. The molecule has 6 nitrogen and oxygen atoms in total. The van der Waals surface area contributed by atoms with Crippen LogP contribution in [0.1, 0.15) is 5.56 Å². The maximum Gasteiger partial charge on any atom is 0.248 e. The molecule has 1 aromatic heterocycles. The lowest BCUT2D eigenvalue weighted by Gasteiger charge is -2.15. The summed E-state index contributed by atoms with van der Waals surface area (Å²) < 4.78 is 10.5. The highest BCUT2D eigenvalue weighted by atomic mass is 16.5. The van der Waals surface area contributed by atoms with Gasteiger partial charge in [0.05, 0.1) is 19.9 Å². The summed E-state index contributed by atoms with van der Waals surface area (Å²) in [5.41, 5.74) is 1.44. The summed E-state index contributed by atoms with van der Waals surface area (Å²) in [4.78, 5) is 18.3. The standard InChI is InChI=1S/C18H21N3O3/c1-21(2)18-15(6-5-11-19-18)20-17(22)10-8-13-7-9-14(23-3)12-16(13)24-4/h5-12H,1-4H3,(H,20,22)/b10-8+. The van der Waals surface area contributed by atoms with Gasteiger partial charge in [0.25, 0.3) is 0 Å². The van der Waals surface area contributed by atoms with Crippen molar-refractivity contribution in [3.8, 4) is 11.5 Å². The molecule has 126 valence electrons. The zero-order valence-electron chi connectivity index (χ0n) is 14.2. The van der Waals surface area contributed by atoms with Crippen LogP contribution in [0.5, 0.6) is 11.5 Å². The van der Waals surface area contributed by atoms with Crippen molar-refractivity contribution in [3.05, 3.63) is 48.2 Å². The minimum Gasteiger partial charge on any atom is -0.497 e. The number of nitrogens with zero attached hydrogens (tertiary/aromatic N) is 2. The van der Waals surface area contributed by atoms with E-state index >= 15 is 0 Å². The highest BCUT2D eigenvalue weighted by molar-refractivity contribution is 6.03. The molecular weight excluding hydrogens is 306 g/mol. The minimum atomic E-state index is -0.246. The fraction of sp³-hybridized carbons (Fsp3) is 0.222. The Balaban J connectivity index is 2.14. The highest BCUT2D eigenvalue weighted by Crippen LogP contribution is 2.26. The number of benzene rings is 1. The molecule has 24 heavy (non-hydrogen) atoms. The van der Waals surface area contributed by atoms with Gasteiger partial charge >= 0.3 is 0 Å². The Bertz CT molecular complexity index is 742. The van der Waals surface area contributed by atoms with E-state index in [0.717, 1.165) is 5.56 Å². The maximum absolute atomic E-state index is 12.2. The molecule has 1 amide bonds. The zero-order chi connectivity index (χ0) is 17.5. The molecule has 0 saturated carbocycles. The number of carbonyl (C=O) groups excluding carboxylic acids is 1. The summed E-state index contributed by atoms with van der Waals surface area (Å²) in [5.74, 6) is 1.78. The van der Waals surface area contributed by atoms with Gasteiger partial charge in [-0.3, -0.25) is 4.79 Å². The van der Waals surface area contributed by atoms with E-state index in [9.17, 15) is 4.79 Å². The number of anilines is 2. The number of pyridine rings is 1. The Morgan fingerprint density at radius 1 is 1.21 bits per heavy atom. The first kappa shape index (κ1) is 17.3. The Labute approximate surface area is 141 Å². The fourth-order valence-corrected chi connectivity index (χ4v) is 2.15. The number of methoxy groups -OCH3 is 2. The van der Waals surface area contributed by atoms with Gasteiger partial charge in [0.1, 0.15) is 11.5 Å². The SMILES string of the molecule is COc1ccc(/C=C/C(=O)Nc2cccnc2N(C)C)c(OC)c1. The van der Waals surface area contributed by atoms with Gasteiger partial charge in [-0.2, -0.15) is 0 Å². The van der Waals surface area contributed by atoms with E-state index in [1.165, 1.54) is 6.08 Å². The third-order valence-electron chi connectivity index (χ3n) is 3.32. The van der Waals surface area contributed by atoms with Gasteiger partial charge in [-0.05, 0) is 30.3 Å². The minimum absolute atomic E-state index is 0.246. The smallest absolute Gasteiger partial charge is 0.248 e. The van der Waals surface area contributed by atoms with Crippen LogP contribution in [0, 0.1) is 0 Å². The van der Waals surface area contributed by atoms with Crippen LogP contribution in [-0.4, -0.2) is 39.2 Å². The van der Waals surface area contributed by atoms with Crippen molar-refractivity contribution in [1.29, 1.82) is 0 Å². The highest BCUT2D eigenvalue weighted by Gasteiger charge is 2.08. The molecule has 6 heteroatoms. The van der Waals surface area contributed by atoms with Crippen molar-refractivity contribution in [2.24, 2.45) is 0 Å². The fourth-order valence-electron chi connectivity index (χ4n) is 2.15. The normalized spacial score (nSPS) is 10.5. The average molecular weight is 327 g/mol. The third-order valence-corrected chi connectivity index (χ3v) is 3.32.